The van der Waals surface area contributed by atoms with Gasteiger partial charge in [-0.05, 0) is 23.7 Å². The Bertz CT molecular complexity index is 214. The van der Waals surface area contributed by atoms with Crippen LogP contribution in [0.25, 0.3) is 0 Å². The number of rotatable bonds is 5. The molecule has 82 valence electrons. The zero-order chi connectivity index (χ0) is 11.4. The van der Waals surface area contributed by atoms with Gasteiger partial charge in [-0.1, -0.05) is 27.4 Å². The molecular weight excluding hydrogens is 192 g/mol. The minimum atomic E-state index is -1.67. The molecule has 0 saturated carbocycles. The molecule has 0 aliphatic carbocycles. The summed E-state index contributed by atoms with van der Waals surface area (Å²) in [5.41, 5.74) is 0.866. The summed E-state index contributed by atoms with van der Waals surface area (Å²) in [6, 6.07) is 0. The highest BCUT2D eigenvalue weighted by atomic mass is 28.4. The van der Waals surface area contributed by atoms with Crippen LogP contribution in [0.15, 0.2) is 12.2 Å². The van der Waals surface area contributed by atoms with Gasteiger partial charge in [0.25, 0.3) is 0 Å². The fraction of sp³-hybridized carbons (Fsp3) is 0.727. The first-order chi connectivity index (χ1) is 6.20. The first kappa shape index (κ1) is 13.6. The molecule has 0 amide bonds. The van der Waals surface area contributed by atoms with Crippen LogP contribution in [0.5, 0.6) is 0 Å². The van der Waals surface area contributed by atoms with E-state index in [4.69, 9.17) is 4.43 Å². The molecule has 0 saturated heterocycles. The van der Waals surface area contributed by atoms with E-state index >= 15 is 0 Å². The van der Waals surface area contributed by atoms with Crippen molar-refractivity contribution in [1.82, 2.24) is 0 Å². The van der Waals surface area contributed by atoms with Crippen LogP contribution < -0.4 is 0 Å². The van der Waals surface area contributed by atoms with Crippen LogP contribution in [-0.4, -0.2) is 21.2 Å². The largest absolute Gasteiger partial charge is 0.413 e. The number of hydrogen-bond donors (Lipinski definition) is 0. The second kappa shape index (κ2) is 4.89. The smallest absolute Gasteiger partial charge is 0.192 e. The maximum atomic E-state index is 10.2. The van der Waals surface area contributed by atoms with Crippen molar-refractivity contribution >= 4 is 14.6 Å². The lowest BCUT2D eigenvalue weighted by Crippen LogP contribution is -2.41. The molecule has 0 aromatic heterocycles. The lowest BCUT2D eigenvalue weighted by atomic mass is 10.2. The Labute approximate surface area is 88.5 Å². The van der Waals surface area contributed by atoms with Crippen molar-refractivity contribution in [2.24, 2.45) is 0 Å². The molecule has 0 atom stereocenters. The van der Waals surface area contributed by atoms with E-state index in [1.54, 1.807) is 0 Å². The van der Waals surface area contributed by atoms with E-state index in [9.17, 15) is 4.79 Å². The fourth-order valence-corrected chi connectivity index (χ4v) is 1.67. The van der Waals surface area contributed by atoms with Crippen LogP contribution in [0.3, 0.4) is 0 Å². The van der Waals surface area contributed by atoms with Crippen LogP contribution in [-0.2, 0) is 9.22 Å². The van der Waals surface area contributed by atoms with Crippen molar-refractivity contribution in [3.8, 4) is 0 Å². The van der Waals surface area contributed by atoms with Gasteiger partial charge >= 0.3 is 0 Å². The third kappa shape index (κ3) is 4.20. The van der Waals surface area contributed by atoms with Crippen LogP contribution >= 0.6 is 0 Å². The fourth-order valence-electron chi connectivity index (χ4n) is 0.676. The quantitative estimate of drug-likeness (QED) is 0.399. The Hall–Kier alpha value is -0.413. The van der Waals surface area contributed by atoms with Gasteiger partial charge in [-0.3, -0.25) is 0 Å². The van der Waals surface area contributed by atoms with Crippen LogP contribution in [0.4, 0.5) is 0 Å². The predicted octanol–water partition coefficient (Wildman–Crippen LogP) is 3.15. The number of carbonyl (C=O) groups is 1. The molecule has 0 rings (SSSR count). The van der Waals surface area contributed by atoms with Gasteiger partial charge in [0.05, 0.1) is 6.61 Å². The summed E-state index contributed by atoms with van der Waals surface area (Å²) in [5, 5.41) is 0.217. The lowest BCUT2D eigenvalue weighted by molar-refractivity contribution is -0.107. The highest BCUT2D eigenvalue weighted by molar-refractivity contribution is 6.74. The van der Waals surface area contributed by atoms with E-state index in [0.29, 0.717) is 13.0 Å². The monoisotopic (exact) mass is 214 g/mol. The average Bonchev–Trinajstić information content (AvgIpc) is 1.99. The van der Waals surface area contributed by atoms with E-state index < -0.39 is 8.32 Å². The summed E-state index contributed by atoms with van der Waals surface area (Å²) in [5.74, 6) is 0. The van der Waals surface area contributed by atoms with Crippen LogP contribution in [0.2, 0.25) is 18.1 Å². The second-order valence-electron chi connectivity index (χ2n) is 5.17. The summed E-state index contributed by atoms with van der Waals surface area (Å²) in [7, 11) is -1.67. The molecule has 14 heavy (non-hydrogen) atoms. The highest BCUT2D eigenvalue weighted by Crippen LogP contribution is 2.36. The van der Waals surface area contributed by atoms with Crippen molar-refractivity contribution in [3.63, 3.8) is 0 Å². The molecule has 0 aliphatic heterocycles. The first-order valence-corrected chi connectivity index (χ1v) is 7.86. The second-order valence-corrected chi connectivity index (χ2v) is 9.98. The van der Waals surface area contributed by atoms with Crippen LogP contribution in [0, 0.1) is 0 Å². The molecule has 0 bridgehead atoms. The Morgan fingerprint density at radius 2 is 1.93 bits per heavy atom. The molecule has 0 heterocycles. The van der Waals surface area contributed by atoms with Crippen molar-refractivity contribution in [2.45, 2.75) is 45.3 Å². The molecule has 2 nitrogen and oxygen atoms in total. The standard InChI is InChI=1S/C11H22O2Si/c1-10(7-8-12)9-13-14(5,6)11(2,3)4/h8H,1,7,9H2,2-6H3. The zero-order valence-electron chi connectivity index (χ0n) is 10.0. The number of carbonyl (C=O) groups excluding carboxylic acids is 1. The Morgan fingerprint density at radius 1 is 1.43 bits per heavy atom. The third-order valence-corrected chi connectivity index (χ3v) is 7.29. The van der Waals surface area contributed by atoms with Crippen molar-refractivity contribution in [2.75, 3.05) is 6.61 Å². The Morgan fingerprint density at radius 3 is 2.29 bits per heavy atom. The van der Waals surface area contributed by atoms with Gasteiger partial charge in [0, 0.05) is 6.42 Å². The van der Waals surface area contributed by atoms with Gasteiger partial charge in [0.2, 0.25) is 0 Å². The average molecular weight is 214 g/mol. The van der Waals surface area contributed by atoms with E-state index in [1.807, 2.05) is 0 Å². The van der Waals surface area contributed by atoms with Gasteiger partial charge in [-0.15, -0.1) is 0 Å². The molecule has 0 unspecified atom stereocenters. The molecule has 3 heteroatoms. The molecule has 0 aliphatic rings. The zero-order valence-corrected chi connectivity index (χ0v) is 11.0. The molecule has 0 radical (unpaired) electrons. The SMILES string of the molecule is C=C(CC=O)CO[Si](C)(C)C(C)(C)C. The Balaban J connectivity index is 4.12. The van der Waals surface area contributed by atoms with Gasteiger partial charge in [-0.25, -0.2) is 0 Å². The van der Waals surface area contributed by atoms with Gasteiger partial charge in [-0.2, -0.15) is 0 Å². The van der Waals surface area contributed by atoms with Crippen LogP contribution in [0.1, 0.15) is 27.2 Å². The maximum Gasteiger partial charge on any atom is 0.192 e. The van der Waals surface area contributed by atoms with Gasteiger partial charge in [0.15, 0.2) is 8.32 Å². The molecule has 0 N–H and O–H groups in total. The predicted molar refractivity (Wildman–Crippen MR) is 63.0 cm³/mol. The van der Waals surface area contributed by atoms with E-state index in [1.165, 1.54) is 0 Å². The molecule has 0 spiro atoms. The summed E-state index contributed by atoms with van der Waals surface area (Å²) in [6.45, 7) is 15.3. The summed E-state index contributed by atoms with van der Waals surface area (Å²) >= 11 is 0. The maximum absolute atomic E-state index is 10.2. The van der Waals surface area contributed by atoms with E-state index in [-0.39, 0.29) is 5.04 Å². The Kier molecular flexibility index (Phi) is 4.75. The van der Waals surface area contributed by atoms with E-state index in [0.717, 1.165) is 11.9 Å². The lowest BCUT2D eigenvalue weighted by Gasteiger charge is -2.36. The summed E-state index contributed by atoms with van der Waals surface area (Å²) < 4.78 is 5.89. The van der Waals surface area contributed by atoms with Crippen molar-refractivity contribution < 1.29 is 9.22 Å². The van der Waals surface area contributed by atoms with Gasteiger partial charge in [0.1, 0.15) is 6.29 Å². The first-order valence-electron chi connectivity index (χ1n) is 4.95. The highest BCUT2D eigenvalue weighted by Gasteiger charge is 2.36. The topological polar surface area (TPSA) is 26.3 Å². The minimum absolute atomic E-state index is 0.217. The summed E-state index contributed by atoms with van der Waals surface area (Å²) in [4.78, 5) is 10.2. The molecule has 0 fully saturated rings. The van der Waals surface area contributed by atoms with Gasteiger partial charge < -0.3 is 9.22 Å². The van der Waals surface area contributed by atoms with E-state index in [2.05, 4.69) is 40.4 Å². The number of aldehydes is 1. The number of hydrogen-bond acceptors (Lipinski definition) is 2. The molecular formula is C11H22O2Si. The van der Waals surface area contributed by atoms with Crippen molar-refractivity contribution in [3.05, 3.63) is 12.2 Å². The third-order valence-electron chi connectivity index (χ3n) is 2.82. The summed E-state index contributed by atoms with van der Waals surface area (Å²) in [6.07, 6.45) is 1.28. The molecule has 0 aromatic rings. The van der Waals surface area contributed by atoms with Crippen molar-refractivity contribution in [1.29, 1.82) is 0 Å². The minimum Gasteiger partial charge on any atom is -0.413 e. The molecule has 0 aromatic carbocycles. The normalized spacial score (nSPS) is 12.6.